The molecule has 5 aromatic rings. The maximum absolute atomic E-state index is 13.6. The number of phenolic OH excluding ortho intramolecular Hbond substituents is 1. The second-order valence-electron chi connectivity index (χ2n) is 10.8. The molecule has 7 nitrogen and oxygen atoms in total. The van der Waals surface area contributed by atoms with Crippen LogP contribution < -0.4 is 0 Å². The second kappa shape index (κ2) is 10.9. The number of hydrogen-bond donors (Lipinski definition) is 3. The topological polar surface area (TPSA) is 107 Å². The van der Waals surface area contributed by atoms with Crippen LogP contribution in [0.3, 0.4) is 0 Å². The van der Waals surface area contributed by atoms with Gasteiger partial charge in [-0.2, -0.15) is 0 Å². The third-order valence-electron chi connectivity index (χ3n) is 8.29. The number of piperidine rings is 1. The van der Waals surface area contributed by atoms with Crippen molar-refractivity contribution >= 4 is 22.8 Å². The predicted molar refractivity (Wildman–Crippen MR) is 158 cm³/mol. The number of aromatic amines is 1. The van der Waals surface area contributed by atoms with Crippen molar-refractivity contribution in [3.05, 3.63) is 108 Å². The summed E-state index contributed by atoms with van der Waals surface area (Å²) >= 11 is 0. The minimum absolute atomic E-state index is 0.0296. The molecule has 1 fully saturated rings. The number of benzene rings is 3. The molecule has 0 bridgehead atoms. The molecule has 1 aliphatic rings. The van der Waals surface area contributed by atoms with Crippen LogP contribution in [-0.4, -0.2) is 50.0 Å². The van der Waals surface area contributed by atoms with Crippen LogP contribution >= 0.6 is 0 Å². The zero-order valence-electron chi connectivity index (χ0n) is 22.6. The number of aromatic hydroxyl groups is 1. The van der Waals surface area contributed by atoms with Crippen molar-refractivity contribution in [2.45, 2.75) is 25.7 Å². The lowest BCUT2D eigenvalue weighted by Crippen LogP contribution is -2.48. The van der Waals surface area contributed by atoms with Crippen molar-refractivity contribution in [1.29, 1.82) is 0 Å². The number of H-pyrrole nitrogens is 1. The maximum atomic E-state index is 13.6. The van der Waals surface area contributed by atoms with Crippen molar-refractivity contribution in [3.63, 3.8) is 0 Å². The van der Waals surface area contributed by atoms with Gasteiger partial charge in [0.2, 0.25) is 5.91 Å². The highest BCUT2D eigenvalue weighted by atomic mass is 16.4. The molecular formula is C34H31N3O4. The molecule has 1 aliphatic heterocycles. The molecule has 0 spiro atoms. The molecule has 2 aromatic heterocycles. The van der Waals surface area contributed by atoms with Gasteiger partial charge < -0.3 is 20.1 Å². The Hall–Kier alpha value is -4.91. The van der Waals surface area contributed by atoms with Crippen molar-refractivity contribution < 1.29 is 19.8 Å². The molecular weight excluding hydrogens is 514 g/mol. The summed E-state index contributed by atoms with van der Waals surface area (Å²) in [5.41, 5.74) is 5.16. The summed E-state index contributed by atoms with van der Waals surface area (Å²) in [6.45, 7) is 0.808. The van der Waals surface area contributed by atoms with Crippen molar-refractivity contribution in [3.8, 4) is 28.1 Å². The van der Waals surface area contributed by atoms with Gasteiger partial charge in [0.1, 0.15) is 5.75 Å². The van der Waals surface area contributed by atoms with Crippen LogP contribution in [0.1, 0.15) is 24.0 Å². The Kier molecular flexibility index (Phi) is 7.01. The van der Waals surface area contributed by atoms with E-state index in [0.717, 1.165) is 38.9 Å². The number of nitrogens with one attached hydrogen (secondary N) is 1. The van der Waals surface area contributed by atoms with Crippen LogP contribution in [0.2, 0.25) is 0 Å². The molecule has 1 saturated heterocycles. The van der Waals surface area contributed by atoms with E-state index in [1.807, 2.05) is 72.8 Å². The van der Waals surface area contributed by atoms with Crippen LogP contribution in [0.25, 0.3) is 33.3 Å². The Bertz CT molecular complexity index is 1690. The molecule has 0 radical (unpaired) electrons. The van der Waals surface area contributed by atoms with Crippen LogP contribution in [-0.2, 0) is 22.4 Å². The molecule has 6 rings (SSSR count). The normalized spacial score (nSPS) is 14.7. The molecule has 41 heavy (non-hydrogen) atoms. The van der Waals surface area contributed by atoms with Gasteiger partial charge in [0, 0.05) is 41.5 Å². The third kappa shape index (κ3) is 5.31. The van der Waals surface area contributed by atoms with Gasteiger partial charge in [0.25, 0.3) is 0 Å². The molecule has 7 heteroatoms. The SMILES string of the molecule is O=C(Cc1ccc(-c2ccccc2O)cc1-c1cc2ccncc2[nH]1)N1CCC(Cc2ccccc2)(C(=O)O)CC1. The van der Waals surface area contributed by atoms with Gasteiger partial charge in [-0.1, -0.05) is 60.7 Å². The summed E-state index contributed by atoms with van der Waals surface area (Å²) in [7, 11) is 0. The van der Waals surface area contributed by atoms with Crippen molar-refractivity contribution in [2.24, 2.45) is 5.41 Å². The molecule has 0 aliphatic carbocycles. The van der Waals surface area contributed by atoms with E-state index in [9.17, 15) is 19.8 Å². The highest BCUT2D eigenvalue weighted by Gasteiger charge is 2.42. The number of fused-ring (bicyclic) bond motifs is 1. The van der Waals surface area contributed by atoms with Crippen LogP contribution in [0, 0.1) is 5.41 Å². The van der Waals surface area contributed by atoms with E-state index < -0.39 is 11.4 Å². The zero-order valence-corrected chi connectivity index (χ0v) is 22.6. The number of pyridine rings is 1. The summed E-state index contributed by atoms with van der Waals surface area (Å²) in [6, 6.07) is 26.7. The minimum Gasteiger partial charge on any atom is -0.507 e. The molecule has 3 N–H and O–H groups in total. The van der Waals surface area contributed by atoms with E-state index in [1.54, 1.807) is 29.4 Å². The third-order valence-corrected chi connectivity index (χ3v) is 8.29. The average molecular weight is 546 g/mol. The monoisotopic (exact) mass is 545 g/mol. The number of carbonyl (C=O) groups is 2. The second-order valence-corrected chi connectivity index (χ2v) is 10.8. The maximum Gasteiger partial charge on any atom is 0.310 e. The Balaban J connectivity index is 1.26. The number of amides is 1. The summed E-state index contributed by atoms with van der Waals surface area (Å²) < 4.78 is 0. The van der Waals surface area contributed by atoms with E-state index in [1.165, 1.54) is 0 Å². The number of carboxylic acids is 1. The fourth-order valence-corrected chi connectivity index (χ4v) is 5.90. The highest BCUT2D eigenvalue weighted by Crippen LogP contribution is 2.37. The summed E-state index contributed by atoms with van der Waals surface area (Å²) in [6.07, 6.45) is 4.98. The van der Waals surface area contributed by atoms with Crippen LogP contribution in [0.4, 0.5) is 0 Å². The largest absolute Gasteiger partial charge is 0.507 e. The predicted octanol–water partition coefficient (Wildman–Crippen LogP) is 6.08. The molecule has 0 unspecified atom stereocenters. The van der Waals surface area contributed by atoms with E-state index in [-0.39, 0.29) is 18.1 Å². The average Bonchev–Trinajstić information content (AvgIpc) is 3.43. The molecule has 3 aromatic carbocycles. The van der Waals surface area contributed by atoms with Gasteiger partial charge in [-0.3, -0.25) is 14.6 Å². The number of likely N-dealkylation sites (tertiary alicyclic amines) is 1. The van der Waals surface area contributed by atoms with Gasteiger partial charge >= 0.3 is 5.97 Å². The quantitative estimate of drug-likeness (QED) is 0.230. The first kappa shape index (κ1) is 26.3. The lowest BCUT2D eigenvalue weighted by molar-refractivity contribution is -0.154. The first-order chi connectivity index (χ1) is 19.9. The fraction of sp³-hybridized carbons (Fsp3) is 0.206. The Morgan fingerprint density at radius 1 is 0.902 bits per heavy atom. The molecule has 206 valence electrons. The van der Waals surface area contributed by atoms with E-state index in [4.69, 9.17) is 0 Å². The fourth-order valence-electron chi connectivity index (χ4n) is 5.90. The Morgan fingerprint density at radius 3 is 2.39 bits per heavy atom. The van der Waals surface area contributed by atoms with E-state index in [2.05, 4.69) is 9.97 Å². The van der Waals surface area contributed by atoms with Crippen LogP contribution in [0.5, 0.6) is 5.75 Å². The van der Waals surface area contributed by atoms with Crippen molar-refractivity contribution in [1.82, 2.24) is 14.9 Å². The first-order valence-corrected chi connectivity index (χ1v) is 13.8. The molecule has 3 heterocycles. The number of carbonyl (C=O) groups excluding carboxylic acids is 1. The number of nitrogens with zero attached hydrogens (tertiary/aromatic N) is 2. The molecule has 0 saturated carbocycles. The van der Waals surface area contributed by atoms with Crippen LogP contribution in [0.15, 0.2) is 97.3 Å². The number of carboxylic acid groups (broad SMARTS) is 1. The lowest BCUT2D eigenvalue weighted by atomic mass is 9.73. The Morgan fingerprint density at radius 2 is 1.66 bits per heavy atom. The number of rotatable bonds is 7. The number of para-hydroxylation sites is 1. The van der Waals surface area contributed by atoms with Gasteiger partial charge in [-0.15, -0.1) is 0 Å². The smallest absolute Gasteiger partial charge is 0.310 e. The summed E-state index contributed by atoms with van der Waals surface area (Å²) in [5, 5.41) is 21.6. The standard InChI is InChI=1S/C34H31N3O4/c38-31-9-5-4-8-27(31)24-10-11-25(28(18-24)29-19-26-12-15-35-22-30(26)36-29)20-32(39)37-16-13-34(14-17-37,33(40)41)21-23-6-2-1-3-7-23/h1-12,15,18-19,22,36,38H,13-14,16-17,20-21H2,(H,40,41). The lowest BCUT2D eigenvalue weighted by Gasteiger charge is -2.39. The van der Waals surface area contributed by atoms with Gasteiger partial charge in [0.15, 0.2) is 0 Å². The van der Waals surface area contributed by atoms with E-state index >= 15 is 0 Å². The van der Waals surface area contributed by atoms with Gasteiger partial charge in [0.05, 0.1) is 23.5 Å². The molecule has 1 amide bonds. The first-order valence-electron chi connectivity index (χ1n) is 13.8. The molecule has 0 atom stereocenters. The number of aliphatic carboxylic acids is 1. The summed E-state index contributed by atoms with van der Waals surface area (Å²) in [5.74, 6) is -0.643. The van der Waals surface area contributed by atoms with Gasteiger partial charge in [-0.25, -0.2) is 0 Å². The minimum atomic E-state index is -0.874. The van der Waals surface area contributed by atoms with Gasteiger partial charge in [-0.05, 0) is 60.2 Å². The Labute approximate surface area is 238 Å². The number of hydrogen-bond acceptors (Lipinski definition) is 4. The van der Waals surface area contributed by atoms with E-state index in [0.29, 0.717) is 37.9 Å². The number of aromatic nitrogens is 2. The van der Waals surface area contributed by atoms with Crippen molar-refractivity contribution in [2.75, 3.05) is 13.1 Å². The zero-order chi connectivity index (χ0) is 28.4. The number of phenols is 1. The summed E-state index contributed by atoms with van der Waals surface area (Å²) in [4.78, 5) is 35.4. The highest BCUT2D eigenvalue weighted by molar-refractivity contribution is 5.89.